The molecule has 1 aromatic carbocycles. The van der Waals surface area contributed by atoms with Crippen molar-refractivity contribution in [2.75, 3.05) is 5.73 Å². The molecule has 0 unspecified atom stereocenters. The molecule has 4 nitrogen and oxygen atoms in total. The second-order valence-corrected chi connectivity index (χ2v) is 4.52. The van der Waals surface area contributed by atoms with E-state index in [4.69, 9.17) is 28.9 Å². The summed E-state index contributed by atoms with van der Waals surface area (Å²) in [4.78, 5) is 7.20. The molecule has 0 radical (unpaired) electrons. The summed E-state index contributed by atoms with van der Waals surface area (Å²) < 4.78 is 40.9. The van der Waals surface area contributed by atoms with E-state index in [0.717, 1.165) is 6.20 Å². The van der Waals surface area contributed by atoms with Crippen LogP contribution >= 0.6 is 23.2 Å². The third-order valence-electron chi connectivity index (χ3n) is 2.14. The summed E-state index contributed by atoms with van der Waals surface area (Å²) in [7, 11) is 0. The normalized spacial score (nSPS) is 11.4. The molecule has 0 atom stereocenters. The van der Waals surface area contributed by atoms with E-state index in [0.29, 0.717) is 0 Å². The van der Waals surface area contributed by atoms with Gasteiger partial charge in [-0.05, 0) is 18.2 Å². The van der Waals surface area contributed by atoms with Gasteiger partial charge in [-0.1, -0.05) is 23.2 Å². The number of nitrogen functional groups attached to an aromatic ring is 1. The van der Waals surface area contributed by atoms with E-state index in [2.05, 4.69) is 14.7 Å². The molecule has 0 aliphatic rings. The van der Waals surface area contributed by atoms with Crippen LogP contribution in [0.15, 0.2) is 24.4 Å². The molecule has 0 bridgehead atoms. The highest BCUT2D eigenvalue weighted by atomic mass is 35.5. The highest BCUT2D eigenvalue weighted by Gasteiger charge is 2.33. The van der Waals surface area contributed by atoms with E-state index >= 15 is 0 Å². The van der Waals surface area contributed by atoms with Crippen molar-refractivity contribution in [3.8, 4) is 17.0 Å². The van der Waals surface area contributed by atoms with Crippen LogP contribution in [0.5, 0.6) is 5.75 Å². The average Bonchev–Trinajstić information content (AvgIpc) is 2.28. The Hall–Kier alpha value is -1.73. The standard InChI is InChI=1S/C11H6Cl2F3N3O/c12-6-1-5(2-7(13)3-6)9-8(20-11(14,15)16)4-18-10(17)19-9/h1-4H,(H2,17,18,19). The predicted octanol–water partition coefficient (Wildman–Crippen LogP) is 3.93. The van der Waals surface area contributed by atoms with Crippen molar-refractivity contribution in [2.45, 2.75) is 6.36 Å². The van der Waals surface area contributed by atoms with Crippen LogP contribution in [0, 0.1) is 0 Å². The van der Waals surface area contributed by atoms with E-state index in [1.165, 1.54) is 18.2 Å². The van der Waals surface area contributed by atoms with Gasteiger partial charge in [0.25, 0.3) is 0 Å². The third-order valence-corrected chi connectivity index (χ3v) is 2.57. The van der Waals surface area contributed by atoms with Crippen LogP contribution in [0.1, 0.15) is 0 Å². The lowest BCUT2D eigenvalue weighted by atomic mass is 10.1. The lowest BCUT2D eigenvalue weighted by Crippen LogP contribution is -2.18. The number of hydrogen-bond donors (Lipinski definition) is 1. The van der Waals surface area contributed by atoms with Gasteiger partial charge in [-0.2, -0.15) is 0 Å². The summed E-state index contributed by atoms with van der Waals surface area (Å²) in [6.07, 6.45) is -4.05. The molecular formula is C11H6Cl2F3N3O. The molecule has 2 aromatic rings. The van der Waals surface area contributed by atoms with Gasteiger partial charge in [0.05, 0.1) is 6.20 Å². The molecule has 1 aromatic heterocycles. The number of nitrogens with zero attached hydrogens (tertiary/aromatic N) is 2. The fourth-order valence-electron chi connectivity index (χ4n) is 1.48. The van der Waals surface area contributed by atoms with Crippen molar-refractivity contribution in [2.24, 2.45) is 0 Å². The maximum Gasteiger partial charge on any atom is 0.573 e. The first-order chi connectivity index (χ1) is 9.24. The quantitative estimate of drug-likeness (QED) is 0.909. The first-order valence-corrected chi connectivity index (χ1v) is 5.85. The maximum atomic E-state index is 12.3. The van der Waals surface area contributed by atoms with Crippen LogP contribution in [0.2, 0.25) is 10.0 Å². The van der Waals surface area contributed by atoms with Crippen molar-refractivity contribution in [3.63, 3.8) is 0 Å². The van der Waals surface area contributed by atoms with Crippen LogP contribution in [0.25, 0.3) is 11.3 Å². The number of hydrogen-bond acceptors (Lipinski definition) is 4. The monoisotopic (exact) mass is 323 g/mol. The Kier molecular flexibility index (Phi) is 3.92. The highest BCUT2D eigenvalue weighted by Crippen LogP contribution is 2.34. The van der Waals surface area contributed by atoms with Gasteiger partial charge in [-0.3, -0.25) is 0 Å². The van der Waals surface area contributed by atoms with E-state index in [1.54, 1.807) is 0 Å². The number of rotatable bonds is 2. The fourth-order valence-corrected chi connectivity index (χ4v) is 2.01. The van der Waals surface area contributed by atoms with Crippen LogP contribution < -0.4 is 10.5 Å². The molecule has 106 valence electrons. The van der Waals surface area contributed by atoms with Crippen molar-refractivity contribution in [1.82, 2.24) is 9.97 Å². The lowest BCUT2D eigenvalue weighted by molar-refractivity contribution is -0.274. The second-order valence-electron chi connectivity index (χ2n) is 3.65. The number of halogens is 5. The summed E-state index contributed by atoms with van der Waals surface area (Å²) in [6, 6.07) is 4.21. The fraction of sp³-hybridized carbons (Fsp3) is 0.0909. The highest BCUT2D eigenvalue weighted by molar-refractivity contribution is 6.35. The molecule has 0 aliphatic carbocycles. The third kappa shape index (κ3) is 3.64. The molecule has 0 aliphatic heterocycles. The average molecular weight is 324 g/mol. The van der Waals surface area contributed by atoms with Crippen molar-refractivity contribution in [1.29, 1.82) is 0 Å². The van der Waals surface area contributed by atoms with Gasteiger partial charge in [0, 0.05) is 15.6 Å². The zero-order valence-corrected chi connectivity index (χ0v) is 11.1. The molecule has 0 amide bonds. The Balaban J connectivity index is 2.56. The zero-order chi connectivity index (χ0) is 14.9. The minimum atomic E-state index is -4.88. The van der Waals surface area contributed by atoms with Gasteiger partial charge < -0.3 is 10.5 Å². The SMILES string of the molecule is Nc1ncc(OC(F)(F)F)c(-c2cc(Cl)cc(Cl)c2)n1. The molecule has 0 fully saturated rings. The summed E-state index contributed by atoms with van der Waals surface area (Å²) in [5.41, 5.74) is 5.46. The van der Waals surface area contributed by atoms with Crippen molar-refractivity contribution < 1.29 is 17.9 Å². The summed E-state index contributed by atoms with van der Waals surface area (Å²) in [6.45, 7) is 0. The number of benzene rings is 1. The van der Waals surface area contributed by atoms with Gasteiger partial charge in [-0.15, -0.1) is 13.2 Å². The summed E-state index contributed by atoms with van der Waals surface area (Å²) in [5.74, 6) is -0.796. The maximum absolute atomic E-state index is 12.3. The Morgan fingerprint density at radius 3 is 2.25 bits per heavy atom. The van der Waals surface area contributed by atoms with Gasteiger partial charge in [0.2, 0.25) is 5.95 Å². The van der Waals surface area contributed by atoms with Crippen LogP contribution in [0.4, 0.5) is 19.1 Å². The molecule has 2 N–H and O–H groups in total. The Bertz CT molecular complexity index is 629. The van der Waals surface area contributed by atoms with E-state index < -0.39 is 12.1 Å². The van der Waals surface area contributed by atoms with Crippen LogP contribution in [0.3, 0.4) is 0 Å². The lowest BCUT2D eigenvalue weighted by Gasteiger charge is -2.12. The molecule has 0 saturated heterocycles. The topological polar surface area (TPSA) is 61.0 Å². The first kappa shape index (κ1) is 14.7. The largest absolute Gasteiger partial charge is 0.573 e. The van der Waals surface area contributed by atoms with Gasteiger partial charge >= 0.3 is 6.36 Å². The number of alkyl halides is 3. The predicted molar refractivity (Wildman–Crippen MR) is 68.6 cm³/mol. The van der Waals surface area contributed by atoms with Crippen molar-refractivity contribution >= 4 is 29.2 Å². The van der Waals surface area contributed by atoms with Gasteiger partial charge in [0.15, 0.2) is 5.75 Å². The molecule has 1 heterocycles. The number of anilines is 1. The minimum Gasteiger partial charge on any atom is -0.402 e. The van der Waals surface area contributed by atoms with Crippen LogP contribution in [-0.4, -0.2) is 16.3 Å². The molecule has 0 spiro atoms. The smallest absolute Gasteiger partial charge is 0.402 e. The summed E-state index contributed by atoms with van der Waals surface area (Å²) in [5, 5.41) is 0.477. The molecule has 0 saturated carbocycles. The minimum absolute atomic E-state index is 0.153. The summed E-state index contributed by atoms with van der Waals surface area (Å²) >= 11 is 11.6. The zero-order valence-electron chi connectivity index (χ0n) is 9.58. The Morgan fingerprint density at radius 2 is 1.70 bits per heavy atom. The first-order valence-electron chi connectivity index (χ1n) is 5.09. The van der Waals surface area contributed by atoms with Crippen molar-refractivity contribution in [3.05, 3.63) is 34.4 Å². The second kappa shape index (κ2) is 5.34. The molecule has 2 rings (SSSR count). The van der Waals surface area contributed by atoms with E-state index in [-0.39, 0.29) is 27.3 Å². The molecule has 9 heteroatoms. The van der Waals surface area contributed by atoms with Crippen LogP contribution in [-0.2, 0) is 0 Å². The number of ether oxygens (including phenoxy) is 1. The Morgan fingerprint density at radius 1 is 1.10 bits per heavy atom. The van der Waals surface area contributed by atoms with Gasteiger partial charge in [0.1, 0.15) is 5.69 Å². The van der Waals surface area contributed by atoms with E-state index in [1.807, 2.05) is 0 Å². The number of nitrogens with two attached hydrogens (primary N) is 1. The van der Waals surface area contributed by atoms with Gasteiger partial charge in [-0.25, -0.2) is 9.97 Å². The molecule has 20 heavy (non-hydrogen) atoms. The Labute approximate surface area is 121 Å². The van der Waals surface area contributed by atoms with E-state index in [9.17, 15) is 13.2 Å². The molecular weight excluding hydrogens is 318 g/mol. The number of aromatic nitrogens is 2.